The van der Waals surface area contributed by atoms with Gasteiger partial charge in [0.1, 0.15) is 12.3 Å². The first kappa shape index (κ1) is 13.9. The van der Waals surface area contributed by atoms with Gasteiger partial charge in [-0.3, -0.25) is 9.59 Å². The fourth-order valence-electron chi connectivity index (χ4n) is 1.39. The Bertz CT molecular complexity index is 610. The van der Waals surface area contributed by atoms with Crippen molar-refractivity contribution in [3.8, 4) is 0 Å². The number of nitrogens with zero attached hydrogens (tertiary/aromatic N) is 2. The summed E-state index contributed by atoms with van der Waals surface area (Å²) in [4.78, 5) is 30.4. The van der Waals surface area contributed by atoms with Crippen LogP contribution in [0.5, 0.6) is 0 Å². The summed E-state index contributed by atoms with van der Waals surface area (Å²) in [6.45, 7) is 0.266. The maximum atomic E-state index is 11.0. The molecule has 1 N–H and O–H groups in total. The van der Waals surface area contributed by atoms with Crippen molar-refractivity contribution < 1.29 is 14.4 Å². The number of carbonyl (C=O) groups excluding carboxylic acids is 2. The minimum absolute atomic E-state index is 0.0798. The number of thiazole rings is 1. The third-order valence-electron chi connectivity index (χ3n) is 2.30. The highest BCUT2D eigenvalue weighted by Gasteiger charge is 2.08. The molecule has 1 aromatic heterocycles. The average molecular weight is 289 g/mol. The van der Waals surface area contributed by atoms with Crippen LogP contribution in [0, 0.1) is 0 Å². The molecule has 0 atom stereocenters. The molecule has 0 radical (unpaired) electrons. The maximum Gasteiger partial charge on any atom is 0.213 e. The van der Waals surface area contributed by atoms with Crippen LogP contribution in [0.25, 0.3) is 0 Å². The molecule has 0 spiro atoms. The van der Waals surface area contributed by atoms with Gasteiger partial charge in [-0.25, -0.2) is 4.98 Å². The van der Waals surface area contributed by atoms with Gasteiger partial charge < -0.3 is 10.2 Å². The number of carbonyl (C=O) groups is 2. The van der Waals surface area contributed by atoms with E-state index in [1.807, 2.05) is 30.3 Å². The van der Waals surface area contributed by atoms with E-state index in [-0.39, 0.29) is 12.3 Å². The van der Waals surface area contributed by atoms with E-state index in [0.29, 0.717) is 23.5 Å². The van der Waals surface area contributed by atoms with Crippen molar-refractivity contribution in [2.75, 3.05) is 5.32 Å². The van der Waals surface area contributed by atoms with Crippen molar-refractivity contribution in [1.29, 1.82) is 0 Å². The lowest BCUT2D eigenvalue weighted by atomic mass is 10.2. The van der Waals surface area contributed by atoms with Gasteiger partial charge in [-0.1, -0.05) is 35.5 Å². The Morgan fingerprint density at radius 2 is 2.15 bits per heavy atom. The van der Waals surface area contributed by atoms with Crippen LogP contribution in [0.4, 0.5) is 5.13 Å². The first-order valence-corrected chi connectivity index (χ1v) is 6.56. The number of benzene rings is 1. The highest BCUT2D eigenvalue weighted by atomic mass is 32.1. The zero-order valence-electron chi connectivity index (χ0n) is 10.4. The number of oxime groups is 1. The monoisotopic (exact) mass is 289 g/mol. The van der Waals surface area contributed by atoms with E-state index in [9.17, 15) is 9.59 Å². The summed E-state index contributed by atoms with van der Waals surface area (Å²) >= 11 is 1.20. The van der Waals surface area contributed by atoms with Gasteiger partial charge in [0, 0.05) is 5.38 Å². The molecular formula is C13H11N3O3S. The predicted octanol–water partition coefficient (Wildman–Crippen LogP) is 1.83. The lowest BCUT2D eigenvalue weighted by Crippen LogP contribution is -2.05. The van der Waals surface area contributed by atoms with E-state index in [1.165, 1.54) is 11.3 Å². The van der Waals surface area contributed by atoms with E-state index >= 15 is 0 Å². The van der Waals surface area contributed by atoms with Crippen LogP contribution in [0.3, 0.4) is 0 Å². The van der Waals surface area contributed by atoms with Gasteiger partial charge in [-0.2, -0.15) is 0 Å². The Morgan fingerprint density at radius 3 is 2.85 bits per heavy atom. The third-order valence-corrected chi connectivity index (χ3v) is 3.07. The molecule has 0 saturated carbocycles. The molecule has 2 aromatic rings. The number of amides is 1. The summed E-state index contributed by atoms with van der Waals surface area (Å²) in [7, 11) is 0. The predicted molar refractivity (Wildman–Crippen MR) is 75.6 cm³/mol. The van der Waals surface area contributed by atoms with Crippen LogP contribution >= 0.6 is 11.3 Å². The second-order valence-corrected chi connectivity index (χ2v) is 4.51. The molecule has 0 bridgehead atoms. The van der Waals surface area contributed by atoms with Crippen LogP contribution in [0.15, 0.2) is 40.9 Å². The Kier molecular flexibility index (Phi) is 4.96. The fraction of sp³-hybridized carbons (Fsp3) is 0.0769. The fourth-order valence-corrected chi connectivity index (χ4v) is 2.05. The minimum Gasteiger partial charge on any atom is -0.390 e. The third kappa shape index (κ3) is 3.72. The lowest BCUT2D eigenvalue weighted by Gasteiger charge is -2.00. The quantitative estimate of drug-likeness (QED) is 0.479. The molecule has 0 unspecified atom stereocenters. The highest BCUT2D eigenvalue weighted by molar-refractivity contribution is 7.14. The van der Waals surface area contributed by atoms with Crippen molar-refractivity contribution in [3.63, 3.8) is 0 Å². The molecule has 6 nitrogen and oxygen atoms in total. The maximum absolute atomic E-state index is 11.0. The van der Waals surface area contributed by atoms with Crippen LogP contribution in [-0.4, -0.2) is 23.4 Å². The van der Waals surface area contributed by atoms with Crippen molar-refractivity contribution in [3.05, 3.63) is 47.0 Å². The molecule has 0 aliphatic heterocycles. The average Bonchev–Trinajstić information content (AvgIpc) is 2.94. The topological polar surface area (TPSA) is 80.7 Å². The summed E-state index contributed by atoms with van der Waals surface area (Å²) in [6.07, 6.45) is 1.08. The second-order valence-electron chi connectivity index (χ2n) is 3.65. The molecule has 102 valence electrons. The van der Waals surface area contributed by atoms with Crippen molar-refractivity contribution in [2.24, 2.45) is 5.16 Å². The van der Waals surface area contributed by atoms with Crippen LogP contribution < -0.4 is 5.32 Å². The van der Waals surface area contributed by atoms with Gasteiger partial charge in [-0.15, -0.1) is 11.3 Å². The van der Waals surface area contributed by atoms with Crippen molar-refractivity contribution in [2.45, 2.75) is 6.61 Å². The van der Waals surface area contributed by atoms with Gasteiger partial charge in [0.25, 0.3) is 0 Å². The molecule has 7 heteroatoms. The molecule has 20 heavy (non-hydrogen) atoms. The number of aldehydes is 1. The highest BCUT2D eigenvalue weighted by Crippen LogP contribution is 2.15. The lowest BCUT2D eigenvalue weighted by molar-refractivity contribution is -0.105. The standard InChI is InChI=1S/C13H11N3O3S/c17-6-11(12-8-20-13(15-12)14-9-18)16-19-7-10-4-2-1-3-5-10/h1-6,8-9H,7H2,(H,14,15,18)/b16-11-. The first-order chi connectivity index (χ1) is 9.83. The van der Waals surface area contributed by atoms with E-state index in [0.717, 1.165) is 5.56 Å². The normalized spacial score (nSPS) is 10.9. The molecule has 0 fully saturated rings. The largest absolute Gasteiger partial charge is 0.390 e. The summed E-state index contributed by atoms with van der Waals surface area (Å²) < 4.78 is 0. The molecule has 0 aliphatic carbocycles. The minimum atomic E-state index is 0.0798. The van der Waals surface area contributed by atoms with Crippen LogP contribution in [0.1, 0.15) is 11.3 Å². The molecule has 0 saturated heterocycles. The van der Waals surface area contributed by atoms with Crippen molar-refractivity contribution >= 4 is 34.9 Å². The number of nitrogens with one attached hydrogen (secondary N) is 1. The van der Waals surface area contributed by atoms with E-state index < -0.39 is 0 Å². The summed E-state index contributed by atoms with van der Waals surface area (Å²) in [6, 6.07) is 9.47. The first-order valence-electron chi connectivity index (χ1n) is 5.68. The zero-order valence-corrected chi connectivity index (χ0v) is 11.2. The Hall–Kier alpha value is -2.54. The van der Waals surface area contributed by atoms with Gasteiger partial charge in [0.2, 0.25) is 6.41 Å². The van der Waals surface area contributed by atoms with Crippen LogP contribution in [0.2, 0.25) is 0 Å². The van der Waals surface area contributed by atoms with Crippen LogP contribution in [-0.2, 0) is 21.0 Å². The van der Waals surface area contributed by atoms with E-state index in [2.05, 4.69) is 15.5 Å². The molecular weight excluding hydrogens is 278 g/mol. The Morgan fingerprint density at radius 1 is 1.35 bits per heavy atom. The molecule has 1 aromatic carbocycles. The molecule has 1 amide bonds. The Labute approximate surface area is 119 Å². The second kappa shape index (κ2) is 7.15. The smallest absolute Gasteiger partial charge is 0.213 e. The summed E-state index contributed by atoms with van der Waals surface area (Å²) in [5.41, 5.74) is 1.39. The van der Waals surface area contributed by atoms with Crippen molar-refractivity contribution in [1.82, 2.24) is 4.98 Å². The Balaban J connectivity index is 2.01. The zero-order chi connectivity index (χ0) is 14.2. The SMILES string of the molecule is O=CNc1nc(/C(C=O)=N\OCc2ccccc2)cs1. The molecule has 1 heterocycles. The number of hydrogen-bond donors (Lipinski definition) is 1. The van der Waals surface area contributed by atoms with Gasteiger partial charge in [-0.05, 0) is 5.56 Å². The van der Waals surface area contributed by atoms with E-state index in [1.54, 1.807) is 5.38 Å². The molecule has 0 aliphatic rings. The van der Waals surface area contributed by atoms with Gasteiger partial charge in [0.15, 0.2) is 17.1 Å². The van der Waals surface area contributed by atoms with Gasteiger partial charge >= 0.3 is 0 Å². The number of aromatic nitrogens is 1. The summed E-state index contributed by atoms with van der Waals surface area (Å²) in [5.74, 6) is 0. The number of anilines is 1. The van der Waals surface area contributed by atoms with E-state index in [4.69, 9.17) is 4.84 Å². The number of hydrogen-bond acceptors (Lipinski definition) is 6. The number of rotatable bonds is 7. The molecule has 2 rings (SSSR count). The van der Waals surface area contributed by atoms with Gasteiger partial charge in [0.05, 0.1) is 0 Å². The summed E-state index contributed by atoms with van der Waals surface area (Å²) in [5, 5.41) is 8.17.